The fourth-order valence-corrected chi connectivity index (χ4v) is 2.53. The number of hydrogen-bond donors (Lipinski definition) is 1. The van der Waals surface area contributed by atoms with Crippen molar-refractivity contribution in [3.8, 4) is 0 Å². The zero-order valence-electron chi connectivity index (χ0n) is 10.00. The van der Waals surface area contributed by atoms with Gasteiger partial charge in [0, 0.05) is 16.6 Å². The highest BCUT2D eigenvalue weighted by molar-refractivity contribution is 9.10. The second kappa shape index (κ2) is 5.87. The molecule has 2 nitrogen and oxygen atoms in total. The summed E-state index contributed by atoms with van der Waals surface area (Å²) in [5, 5.41) is 10.3. The highest BCUT2D eigenvalue weighted by Crippen LogP contribution is 2.41. The molecule has 2 atom stereocenters. The van der Waals surface area contributed by atoms with Gasteiger partial charge in [-0.15, -0.1) is 0 Å². The highest BCUT2D eigenvalue weighted by atomic mass is 79.9. The average molecular weight is 338 g/mol. The van der Waals surface area contributed by atoms with Crippen molar-refractivity contribution < 1.29 is 14.2 Å². The molecule has 1 aromatic rings. The van der Waals surface area contributed by atoms with E-state index in [1.54, 1.807) is 12.1 Å². The largest absolute Gasteiger partial charge is 0.386 e. The Morgan fingerprint density at radius 1 is 1.56 bits per heavy atom. The van der Waals surface area contributed by atoms with Gasteiger partial charge in [0.25, 0.3) is 0 Å². The number of aliphatic hydroxyl groups excluding tert-OH is 1. The third-order valence-electron chi connectivity index (χ3n) is 3.14. The van der Waals surface area contributed by atoms with Crippen molar-refractivity contribution >= 4 is 27.5 Å². The van der Waals surface area contributed by atoms with E-state index in [9.17, 15) is 9.50 Å². The summed E-state index contributed by atoms with van der Waals surface area (Å²) in [4.78, 5) is 0. The molecule has 0 amide bonds. The lowest BCUT2D eigenvalue weighted by Crippen LogP contribution is -2.25. The Morgan fingerprint density at radius 3 is 2.78 bits per heavy atom. The summed E-state index contributed by atoms with van der Waals surface area (Å²) < 4.78 is 20.0. The van der Waals surface area contributed by atoms with Crippen LogP contribution in [0.1, 0.15) is 31.4 Å². The van der Waals surface area contributed by atoms with Crippen LogP contribution in [0, 0.1) is 11.7 Å². The van der Waals surface area contributed by atoms with Crippen LogP contribution in [0.2, 0.25) is 5.02 Å². The van der Waals surface area contributed by atoms with Gasteiger partial charge >= 0.3 is 0 Å². The van der Waals surface area contributed by atoms with Gasteiger partial charge in [0.15, 0.2) is 0 Å². The smallest absolute Gasteiger partial charge is 0.148 e. The van der Waals surface area contributed by atoms with Crippen LogP contribution in [0.4, 0.5) is 4.39 Å². The predicted octanol–water partition coefficient (Wildman–Crippen LogP) is 4.09. The van der Waals surface area contributed by atoms with Crippen LogP contribution in [-0.2, 0) is 4.74 Å². The predicted molar refractivity (Wildman–Crippen MR) is 72.2 cm³/mol. The zero-order chi connectivity index (χ0) is 13.3. The molecule has 0 heterocycles. The molecule has 1 fully saturated rings. The molecule has 100 valence electrons. The maximum absolute atomic E-state index is 14.0. The Balaban J connectivity index is 2.26. The Morgan fingerprint density at radius 2 is 2.22 bits per heavy atom. The van der Waals surface area contributed by atoms with Gasteiger partial charge in [-0.05, 0) is 47.7 Å². The summed E-state index contributed by atoms with van der Waals surface area (Å²) in [7, 11) is 0. The molecular formula is C13H15BrClFO2. The Bertz CT molecular complexity index is 437. The standard InChI is InChI=1S/C13H15BrClFO2/c1-2-18-13(7-3-4-7)12(17)8-5-6-9(14)10(15)11(8)16/h5-7,12-13,17H,2-4H2,1H3. The first-order valence-electron chi connectivity index (χ1n) is 5.99. The number of benzene rings is 1. The molecule has 2 unspecified atom stereocenters. The quantitative estimate of drug-likeness (QED) is 0.820. The second-order valence-corrected chi connectivity index (χ2v) is 5.70. The third kappa shape index (κ3) is 2.87. The average Bonchev–Trinajstić information content (AvgIpc) is 3.17. The van der Waals surface area contributed by atoms with Crippen LogP contribution in [0.5, 0.6) is 0 Å². The maximum atomic E-state index is 14.0. The first kappa shape index (κ1) is 14.3. The number of aliphatic hydroxyl groups is 1. The van der Waals surface area contributed by atoms with E-state index in [1.165, 1.54) is 0 Å². The minimum Gasteiger partial charge on any atom is -0.386 e. The lowest BCUT2D eigenvalue weighted by atomic mass is 10.0. The molecule has 0 radical (unpaired) electrons. The monoisotopic (exact) mass is 336 g/mol. The molecule has 1 aliphatic rings. The van der Waals surface area contributed by atoms with Crippen molar-refractivity contribution in [3.05, 3.63) is 33.0 Å². The van der Waals surface area contributed by atoms with E-state index < -0.39 is 11.9 Å². The van der Waals surface area contributed by atoms with Crippen LogP contribution in [0.15, 0.2) is 16.6 Å². The molecule has 0 bridgehead atoms. The summed E-state index contributed by atoms with van der Waals surface area (Å²) in [6.07, 6.45) is 0.728. The van der Waals surface area contributed by atoms with Crippen molar-refractivity contribution in [3.63, 3.8) is 0 Å². The first-order chi connectivity index (χ1) is 8.56. The van der Waals surface area contributed by atoms with Crippen molar-refractivity contribution in [1.82, 2.24) is 0 Å². The minimum atomic E-state index is -0.969. The van der Waals surface area contributed by atoms with Gasteiger partial charge < -0.3 is 9.84 Å². The highest BCUT2D eigenvalue weighted by Gasteiger charge is 2.38. The van der Waals surface area contributed by atoms with E-state index in [-0.39, 0.29) is 16.7 Å². The van der Waals surface area contributed by atoms with Crippen molar-refractivity contribution in [1.29, 1.82) is 0 Å². The van der Waals surface area contributed by atoms with Crippen LogP contribution in [0.25, 0.3) is 0 Å². The maximum Gasteiger partial charge on any atom is 0.148 e. The molecule has 5 heteroatoms. The van der Waals surface area contributed by atoms with Crippen LogP contribution >= 0.6 is 27.5 Å². The van der Waals surface area contributed by atoms with Gasteiger partial charge in [0.2, 0.25) is 0 Å². The first-order valence-corrected chi connectivity index (χ1v) is 7.16. The second-order valence-electron chi connectivity index (χ2n) is 4.47. The number of ether oxygens (including phenoxy) is 1. The van der Waals surface area contributed by atoms with Crippen molar-refractivity contribution in [2.75, 3.05) is 6.61 Å². The lowest BCUT2D eigenvalue weighted by Gasteiger charge is -2.23. The van der Waals surface area contributed by atoms with Crippen LogP contribution in [-0.4, -0.2) is 17.8 Å². The molecule has 1 saturated carbocycles. The molecule has 18 heavy (non-hydrogen) atoms. The van der Waals surface area contributed by atoms with E-state index in [0.29, 0.717) is 17.0 Å². The summed E-state index contributed by atoms with van der Waals surface area (Å²) in [5.74, 6) is -0.259. The van der Waals surface area contributed by atoms with Gasteiger partial charge in [-0.2, -0.15) is 0 Å². The molecule has 0 aromatic heterocycles. The van der Waals surface area contributed by atoms with E-state index in [0.717, 1.165) is 12.8 Å². The van der Waals surface area contributed by atoms with Crippen molar-refractivity contribution in [2.24, 2.45) is 5.92 Å². The topological polar surface area (TPSA) is 29.5 Å². The normalized spacial score (nSPS) is 18.7. The Kier molecular flexibility index (Phi) is 4.64. The molecule has 2 rings (SSSR count). The van der Waals surface area contributed by atoms with Gasteiger partial charge in [-0.3, -0.25) is 0 Å². The summed E-state index contributed by atoms with van der Waals surface area (Å²) in [6.45, 7) is 2.37. The number of hydrogen-bond acceptors (Lipinski definition) is 2. The molecular weight excluding hydrogens is 322 g/mol. The van der Waals surface area contributed by atoms with E-state index in [4.69, 9.17) is 16.3 Å². The van der Waals surface area contributed by atoms with Gasteiger partial charge in [0.1, 0.15) is 11.9 Å². The lowest BCUT2D eigenvalue weighted by molar-refractivity contribution is -0.0474. The molecule has 1 N–H and O–H groups in total. The fraction of sp³-hybridized carbons (Fsp3) is 0.538. The van der Waals surface area contributed by atoms with Crippen LogP contribution < -0.4 is 0 Å². The number of rotatable bonds is 5. The van der Waals surface area contributed by atoms with Crippen LogP contribution in [0.3, 0.4) is 0 Å². The van der Waals surface area contributed by atoms with E-state index >= 15 is 0 Å². The van der Waals surface area contributed by atoms with Gasteiger partial charge in [-0.1, -0.05) is 17.7 Å². The van der Waals surface area contributed by atoms with Gasteiger partial charge in [0.05, 0.1) is 11.1 Å². The van der Waals surface area contributed by atoms with Gasteiger partial charge in [-0.25, -0.2) is 4.39 Å². The molecule has 0 spiro atoms. The SMILES string of the molecule is CCOC(C1CC1)C(O)c1ccc(Br)c(Cl)c1F. The third-order valence-corrected chi connectivity index (χ3v) is 4.40. The van der Waals surface area contributed by atoms with Crippen molar-refractivity contribution in [2.45, 2.75) is 32.0 Å². The molecule has 0 saturated heterocycles. The zero-order valence-corrected chi connectivity index (χ0v) is 12.3. The fourth-order valence-electron chi connectivity index (χ4n) is 2.05. The number of halogens is 3. The summed E-state index contributed by atoms with van der Waals surface area (Å²) in [5.41, 5.74) is 0.202. The molecule has 1 aliphatic carbocycles. The summed E-state index contributed by atoms with van der Waals surface area (Å²) >= 11 is 8.98. The van der Waals surface area contributed by atoms with E-state index in [2.05, 4.69) is 15.9 Å². The Labute approximate surface area is 119 Å². The minimum absolute atomic E-state index is 0.00223. The molecule has 1 aromatic carbocycles. The Hall–Kier alpha value is -0.160. The van der Waals surface area contributed by atoms with E-state index in [1.807, 2.05) is 6.92 Å². The molecule has 0 aliphatic heterocycles. The summed E-state index contributed by atoms with van der Waals surface area (Å²) in [6, 6.07) is 3.18.